The van der Waals surface area contributed by atoms with Crippen LogP contribution >= 0.6 is 0 Å². The van der Waals surface area contributed by atoms with Gasteiger partial charge in [0.1, 0.15) is 0 Å². The molecule has 0 atom stereocenters. The van der Waals surface area contributed by atoms with Crippen LogP contribution in [0.4, 0.5) is 8.78 Å². The van der Waals surface area contributed by atoms with E-state index in [2.05, 4.69) is 15.2 Å². The van der Waals surface area contributed by atoms with Crippen molar-refractivity contribution in [1.29, 1.82) is 0 Å². The molecule has 1 amide bonds. The highest BCUT2D eigenvalue weighted by Gasteiger charge is 2.11. The maximum absolute atomic E-state index is 12.5. The second kappa shape index (κ2) is 10.2. The van der Waals surface area contributed by atoms with Gasteiger partial charge in [0, 0.05) is 24.4 Å². The van der Waals surface area contributed by atoms with Gasteiger partial charge in [0.15, 0.2) is 11.5 Å². The van der Waals surface area contributed by atoms with Crippen LogP contribution < -0.4 is 14.8 Å². The normalized spacial score (nSPS) is 11.1. The molecule has 8 heteroatoms. The lowest BCUT2D eigenvalue weighted by atomic mass is 10.1. The fourth-order valence-corrected chi connectivity index (χ4v) is 2.77. The predicted molar refractivity (Wildman–Crippen MR) is 109 cm³/mol. The van der Waals surface area contributed by atoms with Crippen LogP contribution in [0.15, 0.2) is 67.0 Å². The lowest BCUT2D eigenvalue weighted by Crippen LogP contribution is -2.23. The number of hydrogen-bond acceptors (Lipinski definition) is 4. The molecule has 0 aliphatic heterocycles. The third-order valence-corrected chi connectivity index (χ3v) is 4.21. The summed E-state index contributed by atoms with van der Waals surface area (Å²) < 4.78 is 36.2. The Bertz CT molecular complexity index is 1000. The molecule has 1 heterocycles. The van der Waals surface area contributed by atoms with Gasteiger partial charge in [-0.1, -0.05) is 24.3 Å². The van der Waals surface area contributed by atoms with Gasteiger partial charge in [-0.05, 0) is 42.3 Å². The van der Waals surface area contributed by atoms with Crippen LogP contribution in [0.5, 0.6) is 11.5 Å². The van der Waals surface area contributed by atoms with E-state index in [-0.39, 0.29) is 17.4 Å². The van der Waals surface area contributed by atoms with Crippen LogP contribution in [-0.4, -0.2) is 36.0 Å². The first-order chi connectivity index (χ1) is 14.5. The zero-order valence-electron chi connectivity index (χ0n) is 16.3. The SMILES string of the molecule is COc1ccc(CCNC(=O)/C=C/c2cnn(-c3ccccc3)c2)cc1OC(F)F. The number of rotatable bonds is 9. The van der Waals surface area contributed by atoms with E-state index in [9.17, 15) is 13.6 Å². The van der Waals surface area contributed by atoms with Crippen molar-refractivity contribution in [2.45, 2.75) is 13.0 Å². The van der Waals surface area contributed by atoms with E-state index in [0.717, 1.165) is 16.8 Å². The first kappa shape index (κ1) is 21.0. The van der Waals surface area contributed by atoms with E-state index in [4.69, 9.17) is 4.74 Å². The van der Waals surface area contributed by atoms with Crippen LogP contribution in [0.2, 0.25) is 0 Å². The number of carbonyl (C=O) groups is 1. The number of aromatic nitrogens is 2. The molecule has 6 nitrogen and oxygen atoms in total. The molecule has 1 aromatic heterocycles. The highest BCUT2D eigenvalue weighted by atomic mass is 19.3. The van der Waals surface area contributed by atoms with Gasteiger partial charge in [-0.15, -0.1) is 0 Å². The first-order valence-electron chi connectivity index (χ1n) is 9.23. The number of benzene rings is 2. The van der Waals surface area contributed by atoms with Crippen LogP contribution in [0.1, 0.15) is 11.1 Å². The van der Waals surface area contributed by atoms with E-state index in [1.165, 1.54) is 19.3 Å². The van der Waals surface area contributed by atoms with Gasteiger partial charge in [0.2, 0.25) is 5.91 Å². The summed E-state index contributed by atoms with van der Waals surface area (Å²) in [7, 11) is 1.38. The largest absolute Gasteiger partial charge is 0.493 e. The number of carbonyl (C=O) groups excluding carboxylic acids is 1. The number of methoxy groups -OCH3 is 1. The Morgan fingerprint density at radius 3 is 2.73 bits per heavy atom. The van der Waals surface area contributed by atoms with Crippen LogP contribution in [0, 0.1) is 0 Å². The number of nitrogens with one attached hydrogen (secondary N) is 1. The van der Waals surface area contributed by atoms with Crippen molar-refractivity contribution in [3.63, 3.8) is 0 Å². The molecule has 0 unspecified atom stereocenters. The number of nitrogens with zero attached hydrogens (tertiary/aromatic N) is 2. The average molecular weight is 413 g/mol. The monoisotopic (exact) mass is 413 g/mol. The van der Waals surface area contributed by atoms with Gasteiger partial charge in [-0.3, -0.25) is 4.79 Å². The molecule has 0 aliphatic carbocycles. The summed E-state index contributed by atoms with van der Waals surface area (Å²) in [6.45, 7) is -2.60. The first-order valence-corrected chi connectivity index (χ1v) is 9.23. The number of para-hydroxylation sites is 1. The Kier molecular flexibility index (Phi) is 7.15. The number of hydrogen-bond donors (Lipinski definition) is 1. The predicted octanol–water partition coefficient (Wildman–Crippen LogP) is 3.85. The lowest BCUT2D eigenvalue weighted by molar-refractivity contribution is -0.116. The molecule has 156 valence electrons. The summed E-state index contributed by atoms with van der Waals surface area (Å²) in [5.41, 5.74) is 2.45. The molecular formula is C22H21F2N3O3. The summed E-state index contributed by atoms with van der Waals surface area (Å²) in [4.78, 5) is 12.0. The van der Waals surface area contributed by atoms with Crippen molar-refractivity contribution < 1.29 is 23.0 Å². The molecule has 30 heavy (non-hydrogen) atoms. The molecule has 0 fully saturated rings. The molecule has 0 radical (unpaired) electrons. The zero-order valence-corrected chi connectivity index (χ0v) is 16.3. The summed E-state index contributed by atoms with van der Waals surface area (Å²) in [5, 5.41) is 7.02. The number of amides is 1. The van der Waals surface area contributed by atoms with Crippen LogP contribution in [0.3, 0.4) is 0 Å². The maximum atomic E-state index is 12.5. The van der Waals surface area contributed by atoms with Crippen molar-refractivity contribution >= 4 is 12.0 Å². The number of ether oxygens (including phenoxy) is 2. The Morgan fingerprint density at radius 1 is 1.20 bits per heavy atom. The molecule has 3 aromatic rings. The van der Waals surface area contributed by atoms with Crippen LogP contribution in [-0.2, 0) is 11.2 Å². The van der Waals surface area contributed by atoms with E-state index in [1.807, 2.05) is 36.5 Å². The highest BCUT2D eigenvalue weighted by molar-refractivity contribution is 5.91. The van der Waals surface area contributed by atoms with Crippen molar-refractivity contribution in [3.05, 3.63) is 78.1 Å². The molecule has 0 spiro atoms. The van der Waals surface area contributed by atoms with Crippen molar-refractivity contribution in [3.8, 4) is 17.2 Å². The molecule has 0 bridgehead atoms. The topological polar surface area (TPSA) is 65.4 Å². The third-order valence-electron chi connectivity index (χ3n) is 4.21. The van der Waals surface area contributed by atoms with E-state index in [1.54, 1.807) is 29.1 Å². The molecule has 3 rings (SSSR count). The zero-order chi connectivity index (χ0) is 21.3. The van der Waals surface area contributed by atoms with Gasteiger partial charge in [-0.25, -0.2) is 4.68 Å². The molecule has 0 saturated carbocycles. The number of alkyl halides is 2. The van der Waals surface area contributed by atoms with Gasteiger partial charge >= 0.3 is 6.61 Å². The molecule has 0 saturated heterocycles. The van der Waals surface area contributed by atoms with Crippen molar-refractivity contribution in [1.82, 2.24) is 15.1 Å². The Labute approximate surface area is 172 Å². The molecule has 1 N–H and O–H groups in total. The third kappa shape index (κ3) is 5.91. The summed E-state index contributed by atoms with van der Waals surface area (Å²) in [6, 6.07) is 14.4. The Morgan fingerprint density at radius 2 is 2.00 bits per heavy atom. The Hall–Kier alpha value is -3.68. The minimum absolute atomic E-state index is 0.0355. The van der Waals surface area contributed by atoms with E-state index < -0.39 is 6.61 Å². The van der Waals surface area contributed by atoms with Gasteiger partial charge < -0.3 is 14.8 Å². The molecule has 2 aromatic carbocycles. The smallest absolute Gasteiger partial charge is 0.387 e. The van der Waals surface area contributed by atoms with Crippen molar-refractivity contribution in [2.24, 2.45) is 0 Å². The minimum atomic E-state index is -2.94. The van der Waals surface area contributed by atoms with Crippen LogP contribution in [0.25, 0.3) is 11.8 Å². The van der Waals surface area contributed by atoms with E-state index >= 15 is 0 Å². The minimum Gasteiger partial charge on any atom is -0.493 e. The summed E-state index contributed by atoms with van der Waals surface area (Å²) in [6.07, 6.45) is 7.03. The second-order valence-corrected chi connectivity index (χ2v) is 6.29. The second-order valence-electron chi connectivity index (χ2n) is 6.29. The van der Waals surface area contributed by atoms with E-state index in [0.29, 0.717) is 13.0 Å². The van der Waals surface area contributed by atoms with Crippen molar-refractivity contribution in [2.75, 3.05) is 13.7 Å². The highest BCUT2D eigenvalue weighted by Crippen LogP contribution is 2.29. The standard InChI is InChI=1S/C22H21F2N3O3/c1-29-19-9-7-16(13-20(19)30-22(23)24)11-12-25-21(28)10-8-17-14-26-27(15-17)18-5-3-2-4-6-18/h2-10,13-15,22H,11-12H2,1H3,(H,25,28)/b10-8+. The summed E-state index contributed by atoms with van der Waals surface area (Å²) >= 11 is 0. The summed E-state index contributed by atoms with van der Waals surface area (Å²) in [5.74, 6) is -0.0752. The van der Waals surface area contributed by atoms with Gasteiger partial charge in [0.25, 0.3) is 0 Å². The fourth-order valence-electron chi connectivity index (χ4n) is 2.77. The quantitative estimate of drug-likeness (QED) is 0.541. The lowest BCUT2D eigenvalue weighted by Gasteiger charge is -2.11. The van der Waals surface area contributed by atoms with Gasteiger partial charge in [-0.2, -0.15) is 13.9 Å². The molecule has 0 aliphatic rings. The number of halogens is 2. The average Bonchev–Trinajstić information content (AvgIpc) is 3.22. The van der Waals surface area contributed by atoms with Gasteiger partial charge in [0.05, 0.1) is 19.0 Å². The molecular weight excluding hydrogens is 392 g/mol. The fraction of sp³-hybridized carbons (Fsp3) is 0.182. The Balaban J connectivity index is 1.51. The maximum Gasteiger partial charge on any atom is 0.387 e.